The van der Waals surface area contributed by atoms with Crippen molar-refractivity contribution in [2.24, 2.45) is 0 Å². The molecule has 4 heteroatoms. The SMILES string of the molecule is COc1cccc(C(=O)NCCCN2CCc3ccccc32)c1. The summed E-state index contributed by atoms with van der Waals surface area (Å²) in [5, 5.41) is 2.98. The molecule has 0 fully saturated rings. The average molecular weight is 310 g/mol. The zero-order valence-electron chi connectivity index (χ0n) is 13.4. The van der Waals surface area contributed by atoms with Crippen LogP contribution in [0.2, 0.25) is 0 Å². The molecule has 3 rings (SSSR count). The van der Waals surface area contributed by atoms with Gasteiger partial charge in [-0.05, 0) is 42.7 Å². The number of para-hydroxylation sites is 1. The Morgan fingerprint density at radius 3 is 2.96 bits per heavy atom. The summed E-state index contributed by atoms with van der Waals surface area (Å²) in [5.41, 5.74) is 3.40. The largest absolute Gasteiger partial charge is 0.497 e. The summed E-state index contributed by atoms with van der Waals surface area (Å²) in [5.74, 6) is 0.650. The first-order valence-electron chi connectivity index (χ1n) is 8.03. The van der Waals surface area contributed by atoms with Gasteiger partial charge in [0.05, 0.1) is 7.11 Å². The van der Waals surface area contributed by atoms with Crippen molar-refractivity contribution in [3.05, 3.63) is 59.7 Å². The first kappa shape index (κ1) is 15.4. The Hall–Kier alpha value is -2.49. The molecule has 0 aliphatic carbocycles. The number of benzene rings is 2. The number of carbonyl (C=O) groups excluding carboxylic acids is 1. The molecule has 120 valence electrons. The lowest BCUT2D eigenvalue weighted by atomic mass is 10.2. The Kier molecular flexibility index (Phi) is 4.81. The highest BCUT2D eigenvalue weighted by atomic mass is 16.5. The van der Waals surface area contributed by atoms with Crippen LogP contribution >= 0.6 is 0 Å². The molecule has 4 nitrogen and oxygen atoms in total. The lowest BCUT2D eigenvalue weighted by Crippen LogP contribution is -2.29. The van der Waals surface area contributed by atoms with Gasteiger partial charge in [-0.2, -0.15) is 0 Å². The van der Waals surface area contributed by atoms with Gasteiger partial charge >= 0.3 is 0 Å². The molecular weight excluding hydrogens is 288 g/mol. The van der Waals surface area contributed by atoms with Gasteiger partial charge in [0.15, 0.2) is 0 Å². The molecule has 2 aromatic rings. The van der Waals surface area contributed by atoms with Crippen LogP contribution in [0.4, 0.5) is 5.69 Å². The second-order valence-electron chi connectivity index (χ2n) is 5.71. The summed E-state index contributed by atoms with van der Waals surface area (Å²) in [6.45, 7) is 2.72. The number of ether oxygens (including phenoxy) is 1. The third kappa shape index (κ3) is 3.65. The number of nitrogens with zero attached hydrogens (tertiary/aromatic N) is 1. The highest BCUT2D eigenvalue weighted by molar-refractivity contribution is 5.94. The van der Waals surface area contributed by atoms with Crippen LogP contribution in [0.25, 0.3) is 0 Å². The zero-order valence-corrected chi connectivity index (χ0v) is 13.4. The number of anilines is 1. The molecule has 0 bridgehead atoms. The van der Waals surface area contributed by atoms with Crippen molar-refractivity contribution >= 4 is 11.6 Å². The summed E-state index contributed by atoms with van der Waals surface area (Å²) < 4.78 is 5.14. The minimum atomic E-state index is -0.0503. The van der Waals surface area contributed by atoms with Gasteiger partial charge in [-0.25, -0.2) is 0 Å². The van der Waals surface area contributed by atoms with Gasteiger partial charge in [-0.3, -0.25) is 4.79 Å². The maximum Gasteiger partial charge on any atom is 0.251 e. The van der Waals surface area contributed by atoms with Crippen LogP contribution in [0.1, 0.15) is 22.3 Å². The van der Waals surface area contributed by atoms with Crippen LogP contribution < -0.4 is 15.0 Å². The van der Waals surface area contributed by atoms with Gasteiger partial charge in [0.2, 0.25) is 0 Å². The molecule has 23 heavy (non-hydrogen) atoms. The van der Waals surface area contributed by atoms with Gasteiger partial charge < -0.3 is 15.0 Å². The predicted molar refractivity (Wildman–Crippen MR) is 92.3 cm³/mol. The van der Waals surface area contributed by atoms with Crippen molar-refractivity contribution in [2.75, 3.05) is 31.6 Å². The summed E-state index contributed by atoms with van der Waals surface area (Å²) in [4.78, 5) is 14.5. The van der Waals surface area contributed by atoms with Gasteiger partial charge in [0, 0.05) is 30.9 Å². The van der Waals surface area contributed by atoms with Crippen molar-refractivity contribution < 1.29 is 9.53 Å². The third-order valence-corrected chi connectivity index (χ3v) is 4.21. The van der Waals surface area contributed by atoms with Crippen molar-refractivity contribution in [1.29, 1.82) is 0 Å². The summed E-state index contributed by atoms with van der Waals surface area (Å²) in [6, 6.07) is 15.8. The van der Waals surface area contributed by atoms with Crippen molar-refractivity contribution in [2.45, 2.75) is 12.8 Å². The highest BCUT2D eigenvalue weighted by Crippen LogP contribution is 2.27. The monoisotopic (exact) mass is 310 g/mol. The highest BCUT2D eigenvalue weighted by Gasteiger charge is 2.17. The van der Waals surface area contributed by atoms with Crippen LogP contribution in [0.15, 0.2) is 48.5 Å². The molecule has 1 amide bonds. The van der Waals surface area contributed by atoms with Crippen molar-refractivity contribution in [3.8, 4) is 5.75 Å². The number of hydrogen-bond donors (Lipinski definition) is 1. The van der Waals surface area contributed by atoms with E-state index in [9.17, 15) is 4.79 Å². The number of fused-ring (bicyclic) bond motifs is 1. The topological polar surface area (TPSA) is 41.6 Å². The third-order valence-electron chi connectivity index (χ3n) is 4.21. The Labute approximate surface area is 137 Å². The molecule has 1 N–H and O–H groups in total. The van der Waals surface area contributed by atoms with E-state index in [2.05, 4.69) is 34.5 Å². The molecule has 0 saturated carbocycles. The first-order chi connectivity index (χ1) is 11.3. The van der Waals surface area contributed by atoms with E-state index >= 15 is 0 Å². The van der Waals surface area contributed by atoms with E-state index in [4.69, 9.17) is 4.74 Å². The minimum absolute atomic E-state index is 0.0503. The molecular formula is C19H22N2O2. The van der Waals surface area contributed by atoms with Gasteiger partial charge in [0.25, 0.3) is 5.91 Å². The second kappa shape index (κ2) is 7.18. The van der Waals surface area contributed by atoms with Crippen LogP contribution in [-0.4, -0.2) is 32.7 Å². The zero-order chi connectivity index (χ0) is 16.1. The Bertz CT molecular complexity index is 685. The lowest BCUT2D eigenvalue weighted by molar-refractivity contribution is 0.0953. The summed E-state index contributed by atoms with van der Waals surface area (Å²) in [6.07, 6.45) is 2.05. The number of hydrogen-bond acceptors (Lipinski definition) is 3. The first-order valence-corrected chi connectivity index (χ1v) is 8.03. The Balaban J connectivity index is 1.46. The Morgan fingerprint density at radius 2 is 2.09 bits per heavy atom. The molecule has 1 aliphatic heterocycles. The molecule has 0 aromatic heterocycles. The van der Waals surface area contributed by atoms with Crippen LogP contribution in [-0.2, 0) is 6.42 Å². The fourth-order valence-corrected chi connectivity index (χ4v) is 2.98. The quantitative estimate of drug-likeness (QED) is 0.834. The molecule has 1 aliphatic rings. The standard InChI is InChI=1S/C19H22N2O2/c1-23-17-8-4-7-16(14-17)19(22)20-11-5-12-21-13-10-15-6-2-3-9-18(15)21/h2-4,6-9,14H,5,10-13H2,1H3,(H,20,22). The van der Waals surface area contributed by atoms with E-state index < -0.39 is 0 Å². The van der Waals surface area contributed by atoms with Crippen LogP contribution in [0.5, 0.6) is 5.75 Å². The number of carbonyl (C=O) groups is 1. The van der Waals surface area contributed by atoms with E-state index in [0.717, 1.165) is 25.9 Å². The molecule has 0 unspecified atom stereocenters. The smallest absolute Gasteiger partial charge is 0.251 e. The number of nitrogens with one attached hydrogen (secondary N) is 1. The maximum atomic E-state index is 12.1. The molecule has 0 spiro atoms. The van der Waals surface area contributed by atoms with Crippen LogP contribution in [0.3, 0.4) is 0 Å². The fraction of sp³-hybridized carbons (Fsp3) is 0.316. The Morgan fingerprint density at radius 1 is 1.22 bits per heavy atom. The number of rotatable bonds is 6. The predicted octanol–water partition coefficient (Wildman–Crippen LogP) is 2.88. The van der Waals surface area contributed by atoms with Gasteiger partial charge in [0.1, 0.15) is 5.75 Å². The second-order valence-corrected chi connectivity index (χ2v) is 5.71. The van der Waals surface area contributed by atoms with E-state index in [1.165, 1.54) is 11.3 Å². The minimum Gasteiger partial charge on any atom is -0.497 e. The summed E-state index contributed by atoms with van der Waals surface area (Å²) in [7, 11) is 1.60. The van der Waals surface area contributed by atoms with Crippen molar-refractivity contribution in [1.82, 2.24) is 5.32 Å². The molecule has 2 aromatic carbocycles. The van der Waals surface area contributed by atoms with Crippen molar-refractivity contribution in [3.63, 3.8) is 0 Å². The summed E-state index contributed by atoms with van der Waals surface area (Å²) >= 11 is 0. The van der Waals surface area contributed by atoms with E-state index in [1.807, 2.05) is 12.1 Å². The fourth-order valence-electron chi connectivity index (χ4n) is 2.98. The average Bonchev–Trinajstić information content (AvgIpc) is 3.02. The van der Waals surface area contributed by atoms with E-state index in [0.29, 0.717) is 17.9 Å². The lowest BCUT2D eigenvalue weighted by Gasteiger charge is -2.19. The number of amides is 1. The van der Waals surface area contributed by atoms with E-state index in [1.54, 1.807) is 19.2 Å². The number of methoxy groups -OCH3 is 1. The van der Waals surface area contributed by atoms with Crippen LogP contribution in [0, 0.1) is 0 Å². The maximum absolute atomic E-state index is 12.1. The van der Waals surface area contributed by atoms with Gasteiger partial charge in [-0.15, -0.1) is 0 Å². The molecule has 0 atom stereocenters. The normalized spacial score (nSPS) is 12.8. The van der Waals surface area contributed by atoms with E-state index in [-0.39, 0.29) is 5.91 Å². The molecule has 0 radical (unpaired) electrons. The van der Waals surface area contributed by atoms with Gasteiger partial charge in [-0.1, -0.05) is 24.3 Å². The molecule has 1 heterocycles. The molecule has 0 saturated heterocycles.